The second-order valence-electron chi connectivity index (χ2n) is 1.76. The standard InChI is InChI=1S/C6H9NO2/c1-4(8)3-6(7)5(2)9/h3,7-8H,1-2H3/b4-3-,7-6?. The van der Waals surface area contributed by atoms with Gasteiger partial charge in [0, 0.05) is 13.0 Å². The molecule has 0 unspecified atom stereocenters. The number of rotatable bonds is 2. The molecule has 0 bridgehead atoms. The predicted octanol–water partition coefficient (Wildman–Crippen LogP) is 1.06. The monoisotopic (exact) mass is 127 g/mol. The van der Waals surface area contributed by atoms with Crippen molar-refractivity contribution in [2.45, 2.75) is 13.8 Å². The lowest BCUT2D eigenvalue weighted by molar-refractivity contribution is -0.111. The minimum Gasteiger partial charge on any atom is -0.513 e. The third-order valence-corrected chi connectivity index (χ3v) is 0.733. The Morgan fingerprint density at radius 2 is 2.00 bits per heavy atom. The zero-order chi connectivity index (χ0) is 7.44. The average molecular weight is 127 g/mol. The van der Waals surface area contributed by atoms with E-state index in [1.807, 2.05) is 0 Å². The summed E-state index contributed by atoms with van der Waals surface area (Å²) in [6, 6.07) is 0. The van der Waals surface area contributed by atoms with Crippen LogP contribution in [0.15, 0.2) is 11.8 Å². The molecular formula is C6H9NO2. The molecule has 0 aromatic heterocycles. The number of nitrogens with one attached hydrogen (secondary N) is 1. The fourth-order valence-corrected chi connectivity index (χ4v) is 0.311. The van der Waals surface area contributed by atoms with Crippen LogP contribution in [-0.2, 0) is 4.79 Å². The van der Waals surface area contributed by atoms with Crippen LogP contribution in [0.5, 0.6) is 0 Å². The summed E-state index contributed by atoms with van der Waals surface area (Å²) in [7, 11) is 0. The number of allylic oxidation sites excluding steroid dienone is 2. The molecule has 0 fully saturated rings. The van der Waals surface area contributed by atoms with Gasteiger partial charge in [-0.05, 0) is 6.92 Å². The number of aliphatic hydroxyl groups excluding tert-OH is 1. The molecule has 0 aliphatic heterocycles. The van der Waals surface area contributed by atoms with Gasteiger partial charge in [-0.15, -0.1) is 0 Å². The van der Waals surface area contributed by atoms with Gasteiger partial charge in [0.1, 0.15) is 5.71 Å². The first-order valence-electron chi connectivity index (χ1n) is 2.51. The molecule has 0 saturated heterocycles. The molecule has 0 aromatic rings. The van der Waals surface area contributed by atoms with Crippen LogP contribution in [0.1, 0.15) is 13.8 Å². The fraction of sp³-hybridized carbons (Fsp3) is 0.333. The summed E-state index contributed by atoms with van der Waals surface area (Å²) >= 11 is 0. The fourth-order valence-electron chi connectivity index (χ4n) is 0.311. The maximum Gasteiger partial charge on any atom is 0.177 e. The normalized spacial score (nSPS) is 11.1. The Morgan fingerprint density at radius 1 is 1.56 bits per heavy atom. The predicted molar refractivity (Wildman–Crippen MR) is 34.8 cm³/mol. The number of ketones is 1. The highest BCUT2D eigenvalue weighted by Gasteiger charge is 1.97. The van der Waals surface area contributed by atoms with Crippen molar-refractivity contribution in [2.24, 2.45) is 0 Å². The van der Waals surface area contributed by atoms with Crippen molar-refractivity contribution >= 4 is 11.5 Å². The van der Waals surface area contributed by atoms with E-state index >= 15 is 0 Å². The van der Waals surface area contributed by atoms with E-state index in [1.54, 1.807) is 0 Å². The molecule has 0 aliphatic carbocycles. The van der Waals surface area contributed by atoms with Gasteiger partial charge in [0.2, 0.25) is 0 Å². The molecule has 0 atom stereocenters. The van der Waals surface area contributed by atoms with E-state index in [-0.39, 0.29) is 17.3 Å². The van der Waals surface area contributed by atoms with E-state index in [4.69, 9.17) is 10.5 Å². The molecular weight excluding hydrogens is 118 g/mol. The Labute approximate surface area is 53.5 Å². The third-order valence-electron chi connectivity index (χ3n) is 0.733. The second kappa shape index (κ2) is 3.02. The van der Waals surface area contributed by atoms with Gasteiger partial charge < -0.3 is 5.11 Å². The molecule has 3 nitrogen and oxygen atoms in total. The van der Waals surface area contributed by atoms with Crippen LogP contribution in [0.2, 0.25) is 0 Å². The summed E-state index contributed by atoms with van der Waals surface area (Å²) in [6.07, 6.45) is 1.11. The van der Waals surface area contributed by atoms with Gasteiger partial charge in [-0.25, -0.2) is 0 Å². The summed E-state index contributed by atoms with van der Waals surface area (Å²) in [5, 5.41) is 15.4. The van der Waals surface area contributed by atoms with Crippen LogP contribution in [0, 0.1) is 5.41 Å². The topological polar surface area (TPSA) is 61.2 Å². The highest BCUT2D eigenvalue weighted by molar-refractivity contribution is 6.42. The molecule has 2 N–H and O–H groups in total. The van der Waals surface area contributed by atoms with Crippen molar-refractivity contribution in [2.75, 3.05) is 0 Å². The molecule has 0 radical (unpaired) electrons. The highest BCUT2D eigenvalue weighted by Crippen LogP contribution is 1.86. The SMILES string of the molecule is CC(=O)C(=N)/C=C(/C)O. The van der Waals surface area contributed by atoms with Gasteiger partial charge in [0.25, 0.3) is 0 Å². The largest absolute Gasteiger partial charge is 0.513 e. The smallest absolute Gasteiger partial charge is 0.177 e. The van der Waals surface area contributed by atoms with Crippen molar-refractivity contribution < 1.29 is 9.90 Å². The average Bonchev–Trinajstić information content (AvgIpc) is 1.63. The second-order valence-corrected chi connectivity index (χ2v) is 1.76. The van der Waals surface area contributed by atoms with Crippen LogP contribution in [-0.4, -0.2) is 16.6 Å². The maximum absolute atomic E-state index is 10.3. The zero-order valence-electron chi connectivity index (χ0n) is 5.43. The molecule has 0 amide bonds. The Kier molecular flexibility index (Phi) is 2.64. The number of hydrogen-bond acceptors (Lipinski definition) is 3. The first kappa shape index (κ1) is 7.88. The van der Waals surface area contributed by atoms with Crippen LogP contribution < -0.4 is 0 Å². The molecule has 9 heavy (non-hydrogen) atoms. The van der Waals surface area contributed by atoms with Crippen LogP contribution in [0.3, 0.4) is 0 Å². The summed E-state index contributed by atoms with van der Waals surface area (Å²) in [5.74, 6) is -0.362. The van der Waals surface area contributed by atoms with Gasteiger partial charge in [0.05, 0.1) is 5.76 Å². The van der Waals surface area contributed by atoms with E-state index in [2.05, 4.69) is 0 Å². The van der Waals surface area contributed by atoms with E-state index in [0.29, 0.717) is 0 Å². The minimum atomic E-state index is -0.344. The molecule has 0 spiro atoms. The van der Waals surface area contributed by atoms with Gasteiger partial charge in [-0.2, -0.15) is 0 Å². The van der Waals surface area contributed by atoms with Crippen molar-refractivity contribution in [1.82, 2.24) is 0 Å². The van der Waals surface area contributed by atoms with Crippen LogP contribution >= 0.6 is 0 Å². The van der Waals surface area contributed by atoms with E-state index in [1.165, 1.54) is 13.8 Å². The molecule has 50 valence electrons. The first-order chi connectivity index (χ1) is 4.04. The van der Waals surface area contributed by atoms with E-state index in [0.717, 1.165) is 6.08 Å². The minimum absolute atomic E-state index is 0.0183. The number of Topliss-reactive ketones (excluding diaryl/α,β-unsaturated/α-hetero) is 1. The lowest BCUT2D eigenvalue weighted by atomic mass is 10.2. The maximum atomic E-state index is 10.3. The molecule has 0 heterocycles. The quantitative estimate of drug-likeness (QED) is 0.430. The summed E-state index contributed by atoms with van der Waals surface area (Å²) < 4.78 is 0. The summed E-state index contributed by atoms with van der Waals surface area (Å²) in [6.45, 7) is 2.69. The van der Waals surface area contributed by atoms with E-state index in [9.17, 15) is 4.79 Å². The number of aliphatic hydroxyl groups is 1. The molecule has 0 saturated carbocycles. The Morgan fingerprint density at radius 3 is 2.11 bits per heavy atom. The van der Waals surface area contributed by atoms with Gasteiger partial charge in [-0.1, -0.05) is 0 Å². The Bertz CT molecular complexity index is 166. The molecule has 0 rings (SSSR count). The van der Waals surface area contributed by atoms with Gasteiger partial charge >= 0.3 is 0 Å². The van der Waals surface area contributed by atoms with Crippen molar-refractivity contribution in [3.05, 3.63) is 11.8 Å². The van der Waals surface area contributed by atoms with Crippen molar-refractivity contribution in [3.63, 3.8) is 0 Å². The summed E-state index contributed by atoms with van der Waals surface area (Å²) in [4.78, 5) is 10.3. The van der Waals surface area contributed by atoms with Gasteiger partial charge in [0.15, 0.2) is 5.78 Å². The molecule has 3 heteroatoms. The molecule has 0 aromatic carbocycles. The van der Waals surface area contributed by atoms with Crippen LogP contribution in [0.4, 0.5) is 0 Å². The number of hydrogen-bond donors (Lipinski definition) is 2. The van der Waals surface area contributed by atoms with Crippen molar-refractivity contribution in [3.8, 4) is 0 Å². The van der Waals surface area contributed by atoms with Crippen molar-refractivity contribution in [1.29, 1.82) is 5.41 Å². The van der Waals surface area contributed by atoms with Gasteiger partial charge in [-0.3, -0.25) is 10.2 Å². The third kappa shape index (κ3) is 3.46. The summed E-state index contributed by atoms with van der Waals surface area (Å²) in [5.41, 5.74) is -0.171. The Balaban J connectivity index is 4.09. The van der Waals surface area contributed by atoms with Crippen LogP contribution in [0.25, 0.3) is 0 Å². The zero-order valence-corrected chi connectivity index (χ0v) is 5.43. The number of carbonyl (C=O) groups excluding carboxylic acids is 1. The van der Waals surface area contributed by atoms with E-state index < -0.39 is 0 Å². The highest BCUT2D eigenvalue weighted by atomic mass is 16.3. The lowest BCUT2D eigenvalue weighted by Crippen LogP contribution is -2.04. The molecule has 0 aliphatic rings. The Hall–Kier alpha value is -1.12. The first-order valence-corrected chi connectivity index (χ1v) is 2.51. The number of carbonyl (C=O) groups is 1. The lowest BCUT2D eigenvalue weighted by Gasteiger charge is -1.88.